The van der Waals surface area contributed by atoms with E-state index in [1.807, 2.05) is 24.3 Å². The highest BCUT2D eigenvalue weighted by molar-refractivity contribution is 8.00. The molecule has 0 fully saturated rings. The number of rotatable bonds is 9. The van der Waals surface area contributed by atoms with Crippen LogP contribution in [0, 0.1) is 0 Å². The number of ether oxygens (including phenoxy) is 1. The van der Waals surface area contributed by atoms with Crippen molar-refractivity contribution in [3.05, 3.63) is 24.3 Å². The molecule has 0 aliphatic carbocycles. The fourth-order valence-electron chi connectivity index (χ4n) is 1.51. The lowest BCUT2D eigenvalue weighted by molar-refractivity contribution is -0.109. The van der Waals surface area contributed by atoms with Crippen LogP contribution in [0.1, 0.15) is 32.6 Å². The third kappa shape index (κ3) is 6.92. The molecule has 1 rings (SSSR count). The molecular weight excluding hydrogens is 268 g/mol. The van der Waals surface area contributed by atoms with E-state index in [4.69, 9.17) is 16.3 Å². The molecule has 0 spiro atoms. The Kier molecular flexibility index (Phi) is 7.94. The number of unbranched alkanes of at least 4 members (excludes halogenated alkanes) is 3. The molecule has 0 radical (unpaired) electrons. The molecule has 0 atom stereocenters. The van der Waals surface area contributed by atoms with Gasteiger partial charge in [0.25, 0.3) is 0 Å². The van der Waals surface area contributed by atoms with E-state index in [0.29, 0.717) is 5.75 Å². The van der Waals surface area contributed by atoms with Gasteiger partial charge in [-0.1, -0.05) is 32.3 Å². The molecule has 0 aromatic heterocycles. The molecule has 0 aliphatic heterocycles. The number of carbonyl (C=O) groups is 1. The maximum Gasteiger partial charge on any atom is 0.231 e. The van der Waals surface area contributed by atoms with Crippen LogP contribution >= 0.6 is 23.4 Å². The first-order valence-corrected chi connectivity index (χ1v) is 7.62. The molecule has 0 N–H and O–H groups in total. The summed E-state index contributed by atoms with van der Waals surface area (Å²) in [6.07, 6.45) is 4.80. The Morgan fingerprint density at radius 1 is 1.33 bits per heavy atom. The Labute approximate surface area is 118 Å². The number of benzene rings is 1. The summed E-state index contributed by atoms with van der Waals surface area (Å²) in [7, 11) is 0. The fraction of sp³-hybridized carbons (Fsp3) is 0.500. The molecule has 1 aromatic rings. The highest BCUT2D eigenvalue weighted by Gasteiger charge is 2.01. The Morgan fingerprint density at radius 3 is 2.89 bits per heavy atom. The van der Waals surface area contributed by atoms with Crippen LogP contribution in [-0.4, -0.2) is 17.6 Å². The summed E-state index contributed by atoms with van der Waals surface area (Å²) < 4.78 is 5.67. The van der Waals surface area contributed by atoms with E-state index < -0.39 is 0 Å². The molecule has 2 nitrogen and oxygen atoms in total. The lowest BCUT2D eigenvalue weighted by Crippen LogP contribution is -1.97. The molecule has 18 heavy (non-hydrogen) atoms. The second kappa shape index (κ2) is 9.29. The highest BCUT2D eigenvalue weighted by Crippen LogP contribution is 2.23. The first kappa shape index (κ1) is 15.4. The molecule has 0 aliphatic rings. The highest BCUT2D eigenvalue weighted by atomic mass is 35.5. The van der Waals surface area contributed by atoms with E-state index >= 15 is 0 Å². The monoisotopic (exact) mass is 286 g/mol. The molecule has 4 heteroatoms. The maximum atomic E-state index is 10.7. The second-order valence-corrected chi connectivity index (χ2v) is 5.50. The summed E-state index contributed by atoms with van der Waals surface area (Å²) in [4.78, 5) is 11.7. The van der Waals surface area contributed by atoms with Gasteiger partial charge in [-0.2, -0.15) is 0 Å². The van der Waals surface area contributed by atoms with Gasteiger partial charge in [-0.05, 0) is 36.2 Å². The minimum absolute atomic E-state index is 0.293. The Balaban J connectivity index is 2.32. The van der Waals surface area contributed by atoms with Crippen LogP contribution in [0.15, 0.2) is 29.2 Å². The Hall–Kier alpha value is -0.670. The molecule has 0 unspecified atom stereocenters. The summed E-state index contributed by atoms with van der Waals surface area (Å²) in [5.41, 5.74) is 0. The van der Waals surface area contributed by atoms with Gasteiger partial charge in [0.2, 0.25) is 5.24 Å². The smallest absolute Gasteiger partial charge is 0.231 e. The van der Waals surface area contributed by atoms with E-state index in [1.165, 1.54) is 31.0 Å². The summed E-state index contributed by atoms with van der Waals surface area (Å²) in [6, 6.07) is 7.77. The van der Waals surface area contributed by atoms with Crippen LogP contribution in [0.5, 0.6) is 5.75 Å². The largest absolute Gasteiger partial charge is 0.494 e. The lowest BCUT2D eigenvalue weighted by atomic mass is 10.2. The van der Waals surface area contributed by atoms with Crippen molar-refractivity contribution < 1.29 is 9.53 Å². The van der Waals surface area contributed by atoms with E-state index in [-0.39, 0.29) is 5.24 Å². The zero-order valence-electron chi connectivity index (χ0n) is 10.7. The van der Waals surface area contributed by atoms with E-state index in [0.717, 1.165) is 23.7 Å². The zero-order valence-corrected chi connectivity index (χ0v) is 12.2. The average Bonchev–Trinajstić information content (AvgIpc) is 2.37. The van der Waals surface area contributed by atoms with Gasteiger partial charge >= 0.3 is 0 Å². The van der Waals surface area contributed by atoms with Crippen molar-refractivity contribution in [1.82, 2.24) is 0 Å². The predicted molar refractivity (Wildman–Crippen MR) is 77.7 cm³/mol. The van der Waals surface area contributed by atoms with Crippen molar-refractivity contribution in [2.45, 2.75) is 37.5 Å². The summed E-state index contributed by atoms with van der Waals surface area (Å²) >= 11 is 6.74. The van der Waals surface area contributed by atoms with Crippen molar-refractivity contribution in [1.29, 1.82) is 0 Å². The van der Waals surface area contributed by atoms with Crippen molar-refractivity contribution in [2.24, 2.45) is 0 Å². The molecule has 0 amide bonds. The molecular formula is C14H19ClO2S. The lowest BCUT2D eigenvalue weighted by Gasteiger charge is -2.07. The van der Waals surface area contributed by atoms with Crippen LogP contribution in [-0.2, 0) is 4.79 Å². The number of hydrogen-bond donors (Lipinski definition) is 0. The molecule has 0 saturated heterocycles. The molecule has 0 saturated carbocycles. The standard InChI is InChI=1S/C14H19ClO2S/c1-2-3-4-5-9-17-12-7-6-8-13(10-12)18-11-14(15)16/h6-8,10H,2-5,9,11H2,1H3. The molecule has 0 bridgehead atoms. The first-order chi connectivity index (χ1) is 8.72. The predicted octanol–water partition coefficient (Wildman–Crippen LogP) is 4.50. The first-order valence-electron chi connectivity index (χ1n) is 6.26. The van der Waals surface area contributed by atoms with E-state index in [9.17, 15) is 4.79 Å². The summed E-state index contributed by atoms with van der Waals surface area (Å²) in [5, 5.41) is -0.328. The number of halogens is 1. The maximum absolute atomic E-state index is 10.7. The van der Waals surface area contributed by atoms with Gasteiger partial charge in [-0.15, -0.1) is 11.8 Å². The van der Waals surface area contributed by atoms with Crippen molar-refractivity contribution in [2.75, 3.05) is 12.4 Å². The van der Waals surface area contributed by atoms with Crippen LogP contribution < -0.4 is 4.74 Å². The van der Waals surface area contributed by atoms with Crippen LogP contribution in [0.3, 0.4) is 0 Å². The summed E-state index contributed by atoms with van der Waals surface area (Å²) in [5.74, 6) is 1.15. The van der Waals surface area contributed by atoms with Crippen LogP contribution in [0.25, 0.3) is 0 Å². The van der Waals surface area contributed by atoms with Crippen molar-refractivity contribution in [3.8, 4) is 5.75 Å². The van der Waals surface area contributed by atoms with Gasteiger partial charge in [-0.3, -0.25) is 4.79 Å². The van der Waals surface area contributed by atoms with Gasteiger partial charge in [0.05, 0.1) is 12.4 Å². The van der Waals surface area contributed by atoms with Gasteiger partial charge in [-0.25, -0.2) is 0 Å². The van der Waals surface area contributed by atoms with Crippen molar-refractivity contribution in [3.63, 3.8) is 0 Å². The normalized spacial score (nSPS) is 10.3. The number of hydrogen-bond acceptors (Lipinski definition) is 3. The van der Waals surface area contributed by atoms with Gasteiger partial charge in [0.1, 0.15) is 5.75 Å². The molecule has 0 heterocycles. The molecule has 100 valence electrons. The minimum atomic E-state index is -0.328. The number of carbonyl (C=O) groups excluding carboxylic acids is 1. The average molecular weight is 287 g/mol. The van der Waals surface area contributed by atoms with Crippen LogP contribution in [0.2, 0.25) is 0 Å². The topological polar surface area (TPSA) is 26.3 Å². The van der Waals surface area contributed by atoms with E-state index in [1.54, 1.807) is 0 Å². The van der Waals surface area contributed by atoms with Gasteiger partial charge in [0.15, 0.2) is 0 Å². The Bertz CT molecular complexity index is 369. The second-order valence-electron chi connectivity index (χ2n) is 4.03. The summed E-state index contributed by atoms with van der Waals surface area (Å²) in [6.45, 7) is 2.95. The van der Waals surface area contributed by atoms with Crippen LogP contribution in [0.4, 0.5) is 0 Å². The molecule has 1 aromatic carbocycles. The SMILES string of the molecule is CCCCCCOc1cccc(SCC(=O)Cl)c1. The zero-order chi connectivity index (χ0) is 13.2. The third-order valence-corrected chi connectivity index (χ3v) is 3.71. The van der Waals surface area contributed by atoms with E-state index in [2.05, 4.69) is 6.92 Å². The van der Waals surface area contributed by atoms with Crippen molar-refractivity contribution >= 4 is 28.6 Å². The van der Waals surface area contributed by atoms with Gasteiger partial charge < -0.3 is 4.74 Å². The number of thioether (sulfide) groups is 1. The fourth-order valence-corrected chi connectivity index (χ4v) is 2.33. The third-order valence-electron chi connectivity index (χ3n) is 2.42. The minimum Gasteiger partial charge on any atom is -0.494 e. The van der Waals surface area contributed by atoms with Gasteiger partial charge in [0, 0.05) is 4.90 Å². The Morgan fingerprint density at radius 2 is 2.17 bits per heavy atom. The quantitative estimate of drug-likeness (QED) is 0.380.